The molecule has 1 aromatic rings. The van der Waals surface area contributed by atoms with Crippen molar-refractivity contribution >= 4 is 6.09 Å². The van der Waals surface area contributed by atoms with Crippen LogP contribution in [0.5, 0.6) is 0 Å². The highest BCUT2D eigenvalue weighted by atomic mass is 16.6. The molecular formula is C14H17NO3. The van der Waals surface area contributed by atoms with E-state index in [0.29, 0.717) is 19.7 Å². The highest BCUT2D eigenvalue weighted by Crippen LogP contribution is 2.14. The van der Waals surface area contributed by atoms with E-state index < -0.39 is 0 Å². The van der Waals surface area contributed by atoms with Crippen molar-refractivity contribution in [3.8, 4) is 0 Å². The number of nitrogens with zero attached hydrogens (tertiary/aromatic N) is 1. The molecule has 1 fully saturated rings. The number of carbonyl (C=O) groups excluding carboxylic acids is 1. The van der Waals surface area contributed by atoms with E-state index in [0.717, 1.165) is 12.0 Å². The molecule has 0 aliphatic carbocycles. The molecule has 1 aliphatic rings. The largest absolute Gasteiger partial charge is 0.497 e. The van der Waals surface area contributed by atoms with Gasteiger partial charge in [0.2, 0.25) is 0 Å². The molecule has 1 atom stereocenters. The van der Waals surface area contributed by atoms with E-state index in [4.69, 9.17) is 9.47 Å². The van der Waals surface area contributed by atoms with Gasteiger partial charge in [-0.15, -0.1) is 0 Å². The molecule has 1 aliphatic heterocycles. The van der Waals surface area contributed by atoms with Gasteiger partial charge in [-0.25, -0.2) is 4.79 Å². The Kier molecular flexibility index (Phi) is 4.23. The number of ether oxygens (including phenoxy) is 2. The van der Waals surface area contributed by atoms with E-state index in [1.807, 2.05) is 30.3 Å². The van der Waals surface area contributed by atoms with Crippen LogP contribution in [0.4, 0.5) is 4.79 Å². The molecule has 1 aromatic carbocycles. The van der Waals surface area contributed by atoms with Crippen LogP contribution in [0.15, 0.2) is 43.2 Å². The topological polar surface area (TPSA) is 38.8 Å². The summed E-state index contributed by atoms with van der Waals surface area (Å²) < 4.78 is 10.5. The Bertz CT molecular complexity index is 405. The fourth-order valence-electron chi connectivity index (χ4n) is 1.95. The van der Waals surface area contributed by atoms with Crippen molar-refractivity contribution in [2.75, 3.05) is 13.1 Å². The van der Waals surface area contributed by atoms with Crippen LogP contribution in [0.1, 0.15) is 12.0 Å². The Hall–Kier alpha value is -1.97. The minimum absolute atomic E-state index is 0.0479. The Balaban J connectivity index is 1.77. The molecular weight excluding hydrogens is 230 g/mol. The van der Waals surface area contributed by atoms with Crippen LogP contribution in [0.2, 0.25) is 0 Å². The van der Waals surface area contributed by atoms with Crippen molar-refractivity contribution in [3.05, 3.63) is 48.7 Å². The molecule has 0 N–H and O–H groups in total. The van der Waals surface area contributed by atoms with Crippen molar-refractivity contribution in [1.29, 1.82) is 0 Å². The van der Waals surface area contributed by atoms with E-state index in [2.05, 4.69) is 6.58 Å². The molecule has 0 spiro atoms. The Labute approximate surface area is 107 Å². The maximum absolute atomic E-state index is 11.8. The molecule has 4 heteroatoms. The number of rotatable bonds is 4. The number of benzene rings is 1. The van der Waals surface area contributed by atoms with Crippen LogP contribution in [-0.2, 0) is 16.1 Å². The second kappa shape index (κ2) is 6.10. The molecule has 0 bridgehead atoms. The molecule has 1 unspecified atom stereocenters. The van der Waals surface area contributed by atoms with Crippen LogP contribution in [-0.4, -0.2) is 30.2 Å². The predicted octanol–water partition coefficient (Wildman–Crippen LogP) is 2.56. The Morgan fingerprint density at radius 2 is 2.22 bits per heavy atom. The number of carbonyl (C=O) groups is 1. The average Bonchev–Trinajstić information content (AvgIpc) is 2.86. The molecule has 96 valence electrons. The molecule has 0 saturated carbocycles. The summed E-state index contributed by atoms with van der Waals surface area (Å²) in [5, 5.41) is 0. The summed E-state index contributed by atoms with van der Waals surface area (Å²) in [6, 6.07) is 9.64. The maximum Gasteiger partial charge on any atom is 0.410 e. The van der Waals surface area contributed by atoms with Gasteiger partial charge >= 0.3 is 6.09 Å². The monoisotopic (exact) mass is 247 g/mol. The molecule has 4 nitrogen and oxygen atoms in total. The zero-order chi connectivity index (χ0) is 12.8. The quantitative estimate of drug-likeness (QED) is 0.767. The lowest BCUT2D eigenvalue weighted by molar-refractivity contribution is 0.0946. The normalized spacial score (nSPS) is 18.4. The van der Waals surface area contributed by atoms with E-state index in [1.54, 1.807) is 4.90 Å². The molecule has 1 heterocycles. The summed E-state index contributed by atoms with van der Waals surface area (Å²) in [7, 11) is 0. The number of hydrogen-bond donors (Lipinski definition) is 0. The third-order valence-corrected chi connectivity index (χ3v) is 2.90. The lowest BCUT2D eigenvalue weighted by atomic mass is 10.2. The van der Waals surface area contributed by atoms with Gasteiger partial charge in [-0.3, -0.25) is 0 Å². The first kappa shape index (κ1) is 12.5. The summed E-state index contributed by atoms with van der Waals surface area (Å²) in [6.45, 7) is 5.06. The van der Waals surface area contributed by atoms with Gasteiger partial charge in [0, 0.05) is 13.0 Å². The predicted molar refractivity (Wildman–Crippen MR) is 67.9 cm³/mol. The molecule has 0 aromatic heterocycles. The second-order valence-corrected chi connectivity index (χ2v) is 4.20. The second-order valence-electron chi connectivity index (χ2n) is 4.20. The summed E-state index contributed by atoms with van der Waals surface area (Å²) in [5.41, 5.74) is 0.990. The van der Waals surface area contributed by atoms with E-state index >= 15 is 0 Å². The van der Waals surface area contributed by atoms with Gasteiger partial charge in [0.25, 0.3) is 0 Å². The zero-order valence-corrected chi connectivity index (χ0v) is 10.2. The van der Waals surface area contributed by atoms with Crippen molar-refractivity contribution in [1.82, 2.24) is 4.90 Å². The first-order valence-corrected chi connectivity index (χ1v) is 6.01. The first-order valence-electron chi connectivity index (χ1n) is 6.01. The van der Waals surface area contributed by atoms with E-state index in [9.17, 15) is 4.79 Å². The van der Waals surface area contributed by atoms with Crippen LogP contribution >= 0.6 is 0 Å². The van der Waals surface area contributed by atoms with Crippen molar-refractivity contribution in [2.45, 2.75) is 19.1 Å². The fraction of sp³-hybridized carbons (Fsp3) is 0.357. The lowest BCUT2D eigenvalue weighted by Crippen LogP contribution is -2.30. The summed E-state index contributed by atoms with van der Waals surface area (Å²) >= 11 is 0. The van der Waals surface area contributed by atoms with Gasteiger partial charge in [0.1, 0.15) is 12.7 Å². The average molecular weight is 247 g/mol. The number of hydrogen-bond acceptors (Lipinski definition) is 3. The fourth-order valence-corrected chi connectivity index (χ4v) is 1.95. The van der Waals surface area contributed by atoms with Crippen molar-refractivity contribution < 1.29 is 14.3 Å². The Morgan fingerprint density at radius 3 is 2.94 bits per heavy atom. The minimum Gasteiger partial charge on any atom is -0.497 e. The van der Waals surface area contributed by atoms with Crippen LogP contribution in [0, 0.1) is 0 Å². The summed E-state index contributed by atoms with van der Waals surface area (Å²) in [4.78, 5) is 13.5. The highest BCUT2D eigenvalue weighted by Gasteiger charge is 2.27. The van der Waals surface area contributed by atoms with Gasteiger partial charge in [0.05, 0.1) is 12.8 Å². The van der Waals surface area contributed by atoms with Crippen LogP contribution in [0.25, 0.3) is 0 Å². The number of amides is 1. The highest BCUT2D eigenvalue weighted by molar-refractivity contribution is 5.68. The van der Waals surface area contributed by atoms with Crippen molar-refractivity contribution in [2.24, 2.45) is 0 Å². The van der Waals surface area contributed by atoms with Crippen LogP contribution in [0.3, 0.4) is 0 Å². The van der Waals surface area contributed by atoms with Gasteiger partial charge in [-0.2, -0.15) is 0 Å². The SMILES string of the molecule is C=COC1CCN(C(=O)OCc2ccccc2)C1. The zero-order valence-electron chi connectivity index (χ0n) is 10.2. The molecule has 2 rings (SSSR count). The smallest absolute Gasteiger partial charge is 0.410 e. The molecule has 1 saturated heterocycles. The Morgan fingerprint density at radius 1 is 1.44 bits per heavy atom. The number of likely N-dealkylation sites (tertiary alicyclic amines) is 1. The van der Waals surface area contributed by atoms with E-state index in [1.165, 1.54) is 6.26 Å². The molecule has 18 heavy (non-hydrogen) atoms. The van der Waals surface area contributed by atoms with Gasteiger partial charge in [0.15, 0.2) is 0 Å². The third-order valence-electron chi connectivity index (χ3n) is 2.90. The maximum atomic E-state index is 11.8. The molecule has 0 radical (unpaired) electrons. The van der Waals surface area contributed by atoms with Crippen molar-refractivity contribution in [3.63, 3.8) is 0 Å². The van der Waals surface area contributed by atoms with Gasteiger partial charge in [-0.05, 0) is 5.56 Å². The van der Waals surface area contributed by atoms with Gasteiger partial charge < -0.3 is 14.4 Å². The minimum atomic E-state index is -0.283. The first-order chi connectivity index (χ1) is 8.79. The van der Waals surface area contributed by atoms with Gasteiger partial charge in [-0.1, -0.05) is 36.9 Å². The molecule has 1 amide bonds. The third kappa shape index (κ3) is 3.26. The lowest BCUT2D eigenvalue weighted by Gasteiger charge is -2.16. The van der Waals surface area contributed by atoms with E-state index in [-0.39, 0.29) is 12.2 Å². The summed E-state index contributed by atoms with van der Waals surface area (Å²) in [6.07, 6.45) is 2.01. The van der Waals surface area contributed by atoms with Crippen LogP contribution < -0.4 is 0 Å². The standard InChI is InChI=1S/C14H17NO3/c1-2-17-13-8-9-15(10-13)14(16)18-11-12-6-4-3-5-7-12/h2-7,13H,1,8-11H2. The summed E-state index contributed by atoms with van der Waals surface area (Å²) in [5.74, 6) is 0.